The van der Waals surface area contributed by atoms with Crippen LogP contribution in [0.15, 0.2) is 58.7 Å². The quantitative estimate of drug-likeness (QED) is 0.552. The minimum atomic E-state index is -0.150. The predicted molar refractivity (Wildman–Crippen MR) is 111 cm³/mol. The highest BCUT2D eigenvalue weighted by molar-refractivity contribution is 9.10. The van der Waals surface area contributed by atoms with Crippen LogP contribution >= 0.6 is 28.1 Å². The zero-order valence-electron chi connectivity index (χ0n) is 14.5. The number of benzene rings is 2. The van der Waals surface area contributed by atoms with Crippen LogP contribution in [0.1, 0.15) is 31.0 Å². The highest BCUT2D eigenvalue weighted by atomic mass is 79.9. The summed E-state index contributed by atoms with van der Waals surface area (Å²) in [6, 6.07) is 15.4. The Morgan fingerprint density at radius 3 is 2.69 bits per heavy atom. The molecule has 1 aliphatic rings. The summed E-state index contributed by atoms with van der Waals surface area (Å²) in [7, 11) is 0. The Bertz CT molecular complexity index is 867. The topological polar surface area (TPSA) is 41.6 Å². The fourth-order valence-electron chi connectivity index (χ4n) is 2.86. The highest BCUT2D eigenvalue weighted by Gasteiger charge is 2.34. The van der Waals surface area contributed by atoms with Crippen LogP contribution in [-0.4, -0.2) is 22.5 Å². The second-order valence-corrected chi connectivity index (χ2v) is 7.17. The molecule has 0 spiro atoms. The van der Waals surface area contributed by atoms with Crippen LogP contribution in [0, 0.1) is 0 Å². The van der Waals surface area contributed by atoms with E-state index in [-0.39, 0.29) is 11.9 Å². The van der Waals surface area contributed by atoms with Crippen molar-refractivity contribution in [3.63, 3.8) is 0 Å². The molecular formula is C20H19BrN2O2S. The lowest BCUT2D eigenvalue weighted by Gasteiger charge is -2.23. The first-order chi connectivity index (χ1) is 12.5. The van der Waals surface area contributed by atoms with E-state index in [9.17, 15) is 4.79 Å². The maximum absolute atomic E-state index is 12.9. The fourth-order valence-corrected chi connectivity index (χ4v) is 3.59. The van der Waals surface area contributed by atoms with Gasteiger partial charge in [-0.3, -0.25) is 9.69 Å². The summed E-state index contributed by atoms with van der Waals surface area (Å²) >= 11 is 8.87. The summed E-state index contributed by atoms with van der Waals surface area (Å²) in [5, 5.41) is 3.45. The third-order valence-electron chi connectivity index (χ3n) is 4.15. The minimum absolute atomic E-state index is 0.145. The number of nitrogens with zero attached hydrogens (tertiary/aromatic N) is 1. The van der Waals surface area contributed by atoms with Gasteiger partial charge in [0.05, 0.1) is 12.6 Å². The number of hydrogen-bond donors (Lipinski definition) is 1. The minimum Gasteiger partial charge on any atom is -0.493 e. The molecule has 6 heteroatoms. The van der Waals surface area contributed by atoms with Crippen molar-refractivity contribution in [3.05, 3.63) is 69.8 Å². The number of carbonyl (C=O) groups is 1. The summed E-state index contributed by atoms with van der Waals surface area (Å²) in [6.07, 6.45) is 1.78. The second-order valence-electron chi connectivity index (χ2n) is 5.87. The molecule has 0 aliphatic carbocycles. The van der Waals surface area contributed by atoms with Gasteiger partial charge in [-0.2, -0.15) is 0 Å². The molecule has 1 unspecified atom stereocenters. The Morgan fingerprint density at radius 2 is 2.00 bits per heavy atom. The van der Waals surface area contributed by atoms with Gasteiger partial charge in [-0.05, 0) is 55.9 Å². The van der Waals surface area contributed by atoms with Crippen LogP contribution in [-0.2, 0) is 4.79 Å². The lowest BCUT2D eigenvalue weighted by molar-refractivity contribution is -0.123. The van der Waals surface area contributed by atoms with Crippen LogP contribution in [0.2, 0.25) is 0 Å². The first-order valence-electron chi connectivity index (χ1n) is 8.34. The van der Waals surface area contributed by atoms with Crippen LogP contribution in [0.25, 0.3) is 6.08 Å². The third kappa shape index (κ3) is 3.81. The van der Waals surface area contributed by atoms with Gasteiger partial charge in [0, 0.05) is 10.0 Å². The molecule has 134 valence electrons. The van der Waals surface area contributed by atoms with Crippen molar-refractivity contribution in [1.29, 1.82) is 0 Å². The van der Waals surface area contributed by atoms with E-state index in [1.54, 1.807) is 11.0 Å². The third-order valence-corrected chi connectivity index (χ3v) is 4.94. The van der Waals surface area contributed by atoms with Crippen molar-refractivity contribution in [1.82, 2.24) is 10.2 Å². The number of ether oxygens (including phenoxy) is 1. The molecule has 1 aliphatic heterocycles. The number of carbonyl (C=O) groups excluding carboxylic acids is 1. The van der Waals surface area contributed by atoms with Crippen LogP contribution in [0.5, 0.6) is 5.75 Å². The standard InChI is InChI=1S/C20H19BrN2O2S/c1-3-25-18-10-9-16(21)11-15(18)12-17-19(24)23(20(26)22-17)13(2)14-7-5-4-6-8-14/h4-13H,3H2,1-2H3,(H,22,26)/b17-12-. The number of nitrogens with one attached hydrogen (secondary N) is 1. The lowest BCUT2D eigenvalue weighted by atomic mass is 10.1. The lowest BCUT2D eigenvalue weighted by Crippen LogP contribution is -2.33. The average Bonchev–Trinajstić information content (AvgIpc) is 2.91. The molecule has 1 N–H and O–H groups in total. The van der Waals surface area contributed by atoms with Crippen molar-refractivity contribution < 1.29 is 9.53 Å². The van der Waals surface area contributed by atoms with Gasteiger partial charge in [0.25, 0.3) is 5.91 Å². The predicted octanol–water partition coefficient (Wildman–Crippen LogP) is 4.67. The van der Waals surface area contributed by atoms with Gasteiger partial charge >= 0.3 is 0 Å². The SMILES string of the molecule is CCOc1ccc(Br)cc1/C=C1\NC(=S)N(C(C)c2ccccc2)C1=O. The van der Waals surface area contributed by atoms with Gasteiger partial charge in [-0.15, -0.1) is 0 Å². The van der Waals surface area contributed by atoms with Crippen molar-refractivity contribution >= 4 is 45.2 Å². The van der Waals surface area contributed by atoms with E-state index in [0.29, 0.717) is 17.4 Å². The second kappa shape index (κ2) is 8.01. The Morgan fingerprint density at radius 1 is 1.27 bits per heavy atom. The number of thiocarbonyl (C=S) groups is 1. The Balaban J connectivity index is 1.92. The number of rotatable bonds is 5. The summed E-state index contributed by atoms with van der Waals surface area (Å²) in [5.74, 6) is 0.576. The van der Waals surface area contributed by atoms with E-state index in [0.717, 1.165) is 21.3 Å². The van der Waals surface area contributed by atoms with Gasteiger partial charge in [0.2, 0.25) is 0 Å². The van der Waals surface area contributed by atoms with E-state index in [1.165, 1.54) is 0 Å². The Kier molecular flexibility index (Phi) is 5.74. The van der Waals surface area contributed by atoms with Crippen molar-refractivity contribution in [2.24, 2.45) is 0 Å². The maximum Gasteiger partial charge on any atom is 0.277 e. The highest BCUT2D eigenvalue weighted by Crippen LogP contribution is 2.29. The molecule has 2 aromatic carbocycles. The molecule has 0 saturated carbocycles. The van der Waals surface area contributed by atoms with E-state index in [4.69, 9.17) is 17.0 Å². The van der Waals surface area contributed by atoms with E-state index >= 15 is 0 Å². The Hall–Kier alpha value is -2.18. The monoisotopic (exact) mass is 430 g/mol. The number of amides is 1. The van der Waals surface area contributed by atoms with Gasteiger partial charge in [0.1, 0.15) is 11.4 Å². The zero-order chi connectivity index (χ0) is 18.7. The van der Waals surface area contributed by atoms with Crippen LogP contribution in [0.4, 0.5) is 0 Å². The number of hydrogen-bond acceptors (Lipinski definition) is 3. The molecule has 0 radical (unpaired) electrons. The zero-order valence-corrected chi connectivity index (χ0v) is 16.9. The van der Waals surface area contributed by atoms with E-state index in [1.807, 2.05) is 62.4 Å². The number of halogens is 1. The van der Waals surface area contributed by atoms with E-state index in [2.05, 4.69) is 21.2 Å². The van der Waals surface area contributed by atoms with Crippen molar-refractivity contribution in [2.75, 3.05) is 6.61 Å². The Labute approximate surface area is 167 Å². The van der Waals surface area contributed by atoms with Gasteiger partial charge in [-0.25, -0.2) is 0 Å². The molecule has 0 bridgehead atoms. The van der Waals surface area contributed by atoms with Crippen molar-refractivity contribution in [3.8, 4) is 5.75 Å². The molecule has 1 saturated heterocycles. The van der Waals surface area contributed by atoms with Gasteiger partial charge in [0.15, 0.2) is 5.11 Å². The van der Waals surface area contributed by atoms with Gasteiger partial charge in [-0.1, -0.05) is 46.3 Å². The molecule has 26 heavy (non-hydrogen) atoms. The summed E-state index contributed by atoms with van der Waals surface area (Å²) in [6.45, 7) is 4.44. The molecule has 2 aromatic rings. The smallest absolute Gasteiger partial charge is 0.277 e. The molecule has 4 nitrogen and oxygen atoms in total. The molecule has 3 rings (SSSR count). The molecule has 0 aromatic heterocycles. The molecule has 1 atom stereocenters. The molecule has 1 heterocycles. The largest absolute Gasteiger partial charge is 0.493 e. The summed E-state index contributed by atoms with van der Waals surface area (Å²) in [4.78, 5) is 14.6. The normalized spacial score (nSPS) is 16.7. The first kappa shape index (κ1) is 18.6. The van der Waals surface area contributed by atoms with Crippen molar-refractivity contribution in [2.45, 2.75) is 19.9 Å². The van der Waals surface area contributed by atoms with E-state index < -0.39 is 0 Å². The van der Waals surface area contributed by atoms with Crippen LogP contribution in [0.3, 0.4) is 0 Å². The maximum atomic E-state index is 12.9. The molecule has 1 fully saturated rings. The first-order valence-corrected chi connectivity index (χ1v) is 9.55. The molecule has 1 amide bonds. The average molecular weight is 431 g/mol. The summed E-state index contributed by atoms with van der Waals surface area (Å²) in [5.41, 5.74) is 2.29. The van der Waals surface area contributed by atoms with Gasteiger partial charge < -0.3 is 10.1 Å². The molecular weight excluding hydrogens is 412 g/mol. The summed E-state index contributed by atoms with van der Waals surface area (Å²) < 4.78 is 6.57. The van der Waals surface area contributed by atoms with Crippen LogP contribution < -0.4 is 10.1 Å². The fraction of sp³-hybridized carbons (Fsp3) is 0.200.